The van der Waals surface area contributed by atoms with Crippen molar-refractivity contribution in [2.75, 3.05) is 13.1 Å². The van der Waals surface area contributed by atoms with Gasteiger partial charge in [0.05, 0.1) is 12.0 Å². The van der Waals surface area contributed by atoms with Crippen molar-refractivity contribution in [2.45, 2.75) is 25.7 Å². The van der Waals surface area contributed by atoms with E-state index in [-0.39, 0.29) is 11.9 Å². The molecular weight excluding hydrogens is 304 g/mol. The zero-order valence-electron chi connectivity index (χ0n) is 13.6. The number of carbonyl (C=O) groups is 1. The first kappa shape index (κ1) is 14.8. The highest BCUT2D eigenvalue weighted by Crippen LogP contribution is 2.39. The fourth-order valence-corrected chi connectivity index (χ4v) is 3.65. The monoisotopic (exact) mass is 324 g/mol. The molecule has 2 amide bonds. The van der Waals surface area contributed by atoms with Gasteiger partial charge in [0.1, 0.15) is 11.4 Å². The van der Waals surface area contributed by atoms with E-state index in [0.29, 0.717) is 6.54 Å². The lowest BCUT2D eigenvalue weighted by Gasteiger charge is -2.32. The molecular formula is C18H20N4O2. The first-order valence-electron chi connectivity index (χ1n) is 8.20. The molecule has 4 rings (SSSR count). The van der Waals surface area contributed by atoms with Crippen LogP contribution >= 0.6 is 0 Å². The van der Waals surface area contributed by atoms with Crippen LogP contribution in [0.3, 0.4) is 0 Å². The minimum Gasteiger partial charge on any atom is -0.463 e. The molecule has 0 aliphatic carbocycles. The number of likely N-dealkylation sites (tertiary alicyclic amines) is 1. The third kappa shape index (κ3) is 2.44. The number of nitrogens with two attached hydrogens (primary N) is 1. The van der Waals surface area contributed by atoms with E-state index >= 15 is 0 Å². The Morgan fingerprint density at radius 1 is 1.50 bits per heavy atom. The lowest BCUT2D eigenvalue weighted by molar-refractivity contribution is 0.189. The van der Waals surface area contributed by atoms with Gasteiger partial charge in [0.25, 0.3) is 0 Å². The fourth-order valence-electron chi connectivity index (χ4n) is 3.65. The topological polar surface area (TPSA) is 88.2 Å². The summed E-state index contributed by atoms with van der Waals surface area (Å²) in [5.41, 5.74) is 9.57. The molecule has 3 aromatic heterocycles. The molecule has 124 valence electrons. The van der Waals surface area contributed by atoms with E-state index in [0.717, 1.165) is 47.4 Å². The molecule has 0 radical (unpaired) electrons. The Hall–Kier alpha value is -2.76. The zero-order chi connectivity index (χ0) is 16.7. The summed E-state index contributed by atoms with van der Waals surface area (Å²) in [4.78, 5) is 21.2. The summed E-state index contributed by atoms with van der Waals surface area (Å²) >= 11 is 0. The number of piperidine rings is 1. The van der Waals surface area contributed by atoms with E-state index < -0.39 is 0 Å². The van der Waals surface area contributed by atoms with E-state index in [1.54, 1.807) is 11.2 Å². The van der Waals surface area contributed by atoms with Gasteiger partial charge in [-0.25, -0.2) is 9.78 Å². The summed E-state index contributed by atoms with van der Waals surface area (Å²) in [5.74, 6) is 1.00. The lowest BCUT2D eigenvalue weighted by Crippen LogP contribution is -2.42. The predicted octanol–water partition coefficient (Wildman–Crippen LogP) is 3.39. The number of hydrogen-bond acceptors (Lipinski definition) is 3. The van der Waals surface area contributed by atoms with Gasteiger partial charge in [0.15, 0.2) is 0 Å². The number of rotatable bonds is 2. The van der Waals surface area contributed by atoms with Crippen LogP contribution in [0.15, 0.2) is 35.1 Å². The Balaban J connectivity index is 1.87. The molecule has 1 saturated heterocycles. The van der Waals surface area contributed by atoms with Crippen molar-refractivity contribution in [2.24, 2.45) is 5.73 Å². The maximum Gasteiger partial charge on any atom is 0.314 e. The van der Waals surface area contributed by atoms with Gasteiger partial charge in [0.2, 0.25) is 0 Å². The van der Waals surface area contributed by atoms with Crippen molar-refractivity contribution in [1.29, 1.82) is 0 Å². The number of primary amides is 1. The second kappa shape index (κ2) is 5.70. The van der Waals surface area contributed by atoms with Crippen LogP contribution in [0.5, 0.6) is 0 Å². The smallest absolute Gasteiger partial charge is 0.314 e. The largest absolute Gasteiger partial charge is 0.463 e. The summed E-state index contributed by atoms with van der Waals surface area (Å²) in [5, 5.41) is 1.10. The van der Waals surface area contributed by atoms with Gasteiger partial charge in [-0.3, -0.25) is 0 Å². The van der Waals surface area contributed by atoms with Crippen molar-refractivity contribution in [3.8, 4) is 11.5 Å². The molecule has 3 N–H and O–H groups in total. The van der Waals surface area contributed by atoms with E-state index in [9.17, 15) is 4.79 Å². The molecule has 1 fully saturated rings. The number of furan rings is 1. The Kier molecular flexibility index (Phi) is 3.52. The molecule has 0 bridgehead atoms. The molecule has 0 saturated carbocycles. The van der Waals surface area contributed by atoms with E-state index in [1.807, 2.05) is 25.3 Å². The number of aromatic nitrogens is 2. The first-order valence-corrected chi connectivity index (χ1v) is 8.20. The van der Waals surface area contributed by atoms with Crippen LogP contribution in [0.25, 0.3) is 22.5 Å². The van der Waals surface area contributed by atoms with Gasteiger partial charge in [-0.2, -0.15) is 0 Å². The van der Waals surface area contributed by atoms with Gasteiger partial charge in [-0.1, -0.05) is 0 Å². The number of fused-ring (bicyclic) bond motifs is 1. The second-order valence-corrected chi connectivity index (χ2v) is 6.42. The maximum atomic E-state index is 11.6. The number of nitrogens with one attached hydrogen (secondary N) is 1. The Morgan fingerprint density at radius 2 is 2.38 bits per heavy atom. The molecule has 6 heteroatoms. The van der Waals surface area contributed by atoms with Crippen molar-refractivity contribution in [1.82, 2.24) is 14.9 Å². The van der Waals surface area contributed by atoms with Crippen molar-refractivity contribution < 1.29 is 9.21 Å². The molecule has 1 aliphatic heterocycles. The number of aryl methyl sites for hydroxylation is 1. The van der Waals surface area contributed by atoms with Crippen LogP contribution in [0.1, 0.15) is 29.9 Å². The Bertz CT molecular complexity index is 882. The van der Waals surface area contributed by atoms with Crippen LogP contribution in [0.4, 0.5) is 4.79 Å². The minimum atomic E-state index is -0.353. The normalized spacial score (nSPS) is 18.2. The van der Waals surface area contributed by atoms with Crippen molar-refractivity contribution in [3.63, 3.8) is 0 Å². The molecule has 0 spiro atoms. The van der Waals surface area contributed by atoms with Crippen molar-refractivity contribution >= 4 is 17.1 Å². The van der Waals surface area contributed by atoms with Gasteiger partial charge >= 0.3 is 6.03 Å². The first-order chi connectivity index (χ1) is 11.6. The van der Waals surface area contributed by atoms with Crippen LogP contribution in [-0.4, -0.2) is 34.0 Å². The summed E-state index contributed by atoms with van der Waals surface area (Å²) in [6.45, 7) is 3.39. The van der Waals surface area contributed by atoms with Gasteiger partial charge in [-0.05, 0) is 49.1 Å². The summed E-state index contributed by atoms with van der Waals surface area (Å²) < 4.78 is 5.62. The van der Waals surface area contributed by atoms with Crippen LogP contribution < -0.4 is 5.73 Å². The molecule has 1 unspecified atom stereocenters. The molecule has 4 heterocycles. The average molecular weight is 324 g/mol. The number of hydrogen-bond donors (Lipinski definition) is 2. The molecule has 1 aliphatic rings. The highest BCUT2D eigenvalue weighted by atomic mass is 16.3. The SMILES string of the molecule is Cc1cnc2[nH]c(-c3ccco3)c(C3CCCN(C(N)=O)C3)c2c1. The van der Waals surface area contributed by atoms with Gasteiger partial charge in [0, 0.05) is 30.6 Å². The number of pyridine rings is 1. The fraction of sp³-hybridized carbons (Fsp3) is 0.333. The number of carbonyl (C=O) groups excluding carboxylic acids is 1. The van der Waals surface area contributed by atoms with E-state index in [2.05, 4.69) is 16.0 Å². The third-order valence-corrected chi connectivity index (χ3v) is 4.74. The standard InChI is InChI=1S/C18H20N4O2/c1-11-8-13-15(12-4-2-6-22(10-12)18(19)23)16(14-5-3-7-24-14)21-17(13)20-9-11/h3,5,7-9,12H,2,4,6,10H2,1H3,(H2,19,23)(H,20,21). The summed E-state index contributed by atoms with van der Waals surface area (Å²) in [6, 6.07) is 5.60. The number of H-pyrrole nitrogens is 1. The Labute approximate surface area is 139 Å². The molecule has 6 nitrogen and oxygen atoms in total. The lowest BCUT2D eigenvalue weighted by atomic mass is 9.88. The highest BCUT2D eigenvalue weighted by Gasteiger charge is 2.29. The maximum absolute atomic E-state index is 11.6. The molecule has 0 aromatic carbocycles. The van der Waals surface area contributed by atoms with Gasteiger partial charge < -0.3 is 20.0 Å². The summed E-state index contributed by atoms with van der Waals surface area (Å²) in [7, 11) is 0. The van der Waals surface area contributed by atoms with Crippen LogP contribution in [0, 0.1) is 6.92 Å². The van der Waals surface area contributed by atoms with Gasteiger partial charge in [-0.15, -0.1) is 0 Å². The van der Waals surface area contributed by atoms with Crippen LogP contribution in [0.2, 0.25) is 0 Å². The predicted molar refractivity (Wildman–Crippen MR) is 91.7 cm³/mol. The third-order valence-electron chi connectivity index (χ3n) is 4.74. The number of aromatic amines is 1. The number of nitrogens with zero attached hydrogens (tertiary/aromatic N) is 2. The Morgan fingerprint density at radius 3 is 3.12 bits per heavy atom. The summed E-state index contributed by atoms with van der Waals surface area (Å²) in [6.07, 6.45) is 5.47. The number of urea groups is 1. The molecule has 24 heavy (non-hydrogen) atoms. The minimum absolute atomic E-state index is 0.212. The van der Waals surface area contributed by atoms with Crippen molar-refractivity contribution in [3.05, 3.63) is 41.8 Å². The van der Waals surface area contributed by atoms with E-state index in [1.165, 1.54) is 5.56 Å². The highest BCUT2D eigenvalue weighted by molar-refractivity contribution is 5.88. The average Bonchev–Trinajstić information content (AvgIpc) is 3.21. The molecule has 3 aromatic rings. The van der Waals surface area contributed by atoms with Crippen LogP contribution in [-0.2, 0) is 0 Å². The molecule has 1 atom stereocenters. The zero-order valence-corrected chi connectivity index (χ0v) is 13.6. The van der Waals surface area contributed by atoms with E-state index in [4.69, 9.17) is 10.2 Å². The number of amides is 2. The quantitative estimate of drug-likeness (QED) is 0.757. The second-order valence-electron chi connectivity index (χ2n) is 6.42.